The molecule has 1 heterocycles. The van der Waals surface area contributed by atoms with Crippen molar-refractivity contribution in [1.29, 1.82) is 0 Å². The standard InChI is InChI=1S/C25H34N2O3S/c1-20(31-19-21-7-4-3-5-8-21)25(28)26-18-22-9-6-10-24(17-22)30-16-13-27(2)23-11-14-29-15-12-23/h3-10,17,20,23H,11-16,18-19H2,1-2H3,(H,26,28). The second kappa shape index (κ2) is 12.7. The van der Waals surface area contributed by atoms with Gasteiger partial charge in [0.05, 0.1) is 5.25 Å². The smallest absolute Gasteiger partial charge is 0.233 e. The second-order valence-electron chi connectivity index (χ2n) is 7.98. The van der Waals surface area contributed by atoms with Crippen LogP contribution in [0.5, 0.6) is 5.75 Å². The number of benzene rings is 2. The molecular weight excluding hydrogens is 408 g/mol. The van der Waals surface area contributed by atoms with E-state index in [9.17, 15) is 4.79 Å². The minimum Gasteiger partial charge on any atom is -0.492 e. The molecule has 1 aliphatic heterocycles. The molecule has 3 rings (SSSR count). The number of carbonyl (C=O) groups is 1. The molecule has 0 spiro atoms. The molecular formula is C25H34N2O3S. The molecule has 1 saturated heterocycles. The van der Waals surface area contributed by atoms with Gasteiger partial charge in [-0.3, -0.25) is 9.69 Å². The van der Waals surface area contributed by atoms with Crippen molar-refractivity contribution in [3.05, 3.63) is 65.7 Å². The zero-order valence-corrected chi connectivity index (χ0v) is 19.4. The third-order valence-electron chi connectivity index (χ3n) is 5.60. The molecule has 1 fully saturated rings. The lowest BCUT2D eigenvalue weighted by molar-refractivity contribution is -0.120. The van der Waals surface area contributed by atoms with Crippen LogP contribution in [0.4, 0.5) is 0 Å². The van der Waals surface area contributed by atoms with Crippen LogP contribution in [0.25, 0.3) is 0 Å². The molecule has 0 aliphatic carbocycles. The highest BCUT2D eigenvalue weighted by atomic mass is 32.2. The summed E-state index contributed by atoms with van der Waals surface area (Å²) in [5, 5.41) is 2.95. The normalized spacial score (nSPS) is 15.6. The van der Waals surface area contributed by atoms with Crippen molar-refractivity contribution in [2.45, 2.75) is 43.4 Å². The highest BCUT2D eigenvalue weighted by molar-refractivity contribution is 7.99. The van der Waals surface area contributed by atoms with Gasteiger partial charge in [0.1, 0.15) is 12.4 Å². The zero-order chi connectivity index (χ0) is 21.9. The maximum atomic E-state index is 12.4. The SMILES string of the molecule is CC(SCc1ccccc1)C(=O)NCc1cccc(OCCN(C)C2CCOCC2)c1. The Morgan fingerprint density at radius 1 is 1.16 bits per heavy atom. The van der Waals surface area contributed by atoms with Crippen LogP contribution < -0.4 is 10.1 Å². The average Bonchev–Trinajstić information content (AvgIpc) is 2.82. The largest absolute Gasteiger partial charge is 0.492 e. The summed E-state index contributed by atoms with van der Waals surface area (Å²) in [5.74, 6) is 1.74. The molecule has 6 heteroatoms. The summed E-state index contributed by atoms with van der Waals surface area (Å²) >= 11 is 1.65. The van der Waals surface area contributed by atoms with Gasteiger partial charge in [0.15, 0.2) is 0 Å². The molecule has 31 heavy (non-hydrogen) atoms. The topological polar surface area (TPSA) is 50.8 Å². The van der Waals surface area contributed by atoms with Gasteiger partial charge in [0.25, 0.3) is 0 Å². The number of rotatable bonds is 11. The Bertz CT molecular complexity index is 796. The van der Waals surface area contributed by atoms with Gasteiger partial charge in [0, 0.05) is 38.1 Å². The number of hydrogen-bond acceptors (Lipinski definition) is 5. The molecule has 0 radical (unpaired) electrons. The number of amides is 1. The van der Waals surface area contributed by atoms with E-state index < -0.39 is 0 Å². The van der Waals surface area contributed by atoms with E-state index in [0.29, 0.717) is 19.2 Å². The maximum Gasteiger partial charge on any atom is 0.233 e. The second-order valence-corrected chi connectivity index (χ2v) is 9.31. The third-order valence-corrected chi connectivity index (χ3v) is 6.82. The van der Waals surface area contributed by atoms with Gasteiger partial charge in [-0.15, -0.1) is 11.8 Å². The molecule has 1 unspecified atom stereocenters. The van der Waals surface area contributed by atoms with Gasteiger partial charge >= 0.3 is 0 Å². The van der Waals surface area contributed by atoms with Gasteiger partial charge in [-0.25, -0.2) is 0 Å². The van der Waals surface area contributed by atoms with Crippen LogP contribution in [0.3, 0.4) is 0 Å². The van der Waals surface area contributed by atoms with Crippen LogP contribution in [-0.4, -0.2) is 55.5 Å². The number of thioether (sulfide) groups is 1. The molecule has 1 amide bonds. The summed E-state index contributed by atoms with van der Waals surface area (Å²) < 4.78 is 11.4. The third kappa shape index (κ3) is 8.20. The van der Waals surface area contributed by atoms with E-state index in [4.69, 9.17) is 9.47 Å². The van der Waals surface area contributed by atoms with Crippen LogP contribution in [0.15, 0.2) is 54.6 Å². The Labute approximate surface area is 190 Å². The molecule has 1 atom stereocenters. The molecule has 0 aromatic heterocycles. The van der Waals surface area contributed by atoms with Crippen molar-refractivity contribution in [2.24, 2.45) is 0 Å². The van der Waals surface area contributed by atoms with Gasteiger partial charge in [0.2, 0.25) is 5.91 Å². The van der Waals surface area contributed by atoms with Gasteiger partial charge in [-0.1, -0.05) is 42.5 Å². The minimum atomic E-state index is -0.0969. The zero-order valence-electron chi connectivity index (χ0n) is 18.6. The van der Waals surface area contributed by atoms with E-state index in [2.05, 4.69) is 29.4 Å². The number of carbonyl (C=O) groups excluding carboxylic acids is 1. The van der Waals surface area contributed by atoms with E-state index in [1.807, 2.05) is 49.4 Å². The molecule has 1 aliphatic rings. The summed E-state index contributed by atoms with van der Waals surface area (Å²) in [5.41, 5.74) is 2.28. The fourth-order valence-electron chi connectivity index (χ4n) is 3.57. The van der Waals surface area contributed by atoms with Crippen molar-refractivity contribution in [3.63, 3.8) is 0 Å². The van der Waals surface area contributed by atoms with E-state index in [1.54, 1.807) is 11.8 Å². The van der Waals surface area contributed by atoms with E-state index in [-0.39, 0.29) is 11.2 Å². The Hall–Kier alpha value is -2.02. The van der Waals surface area contributed by atoms with Crippen LogP contribution in [0.1, 0.15) is 30.9 Å². The molecule has 2 aromatic rings. The van der Waals surface area contributed by atoms with Gasteiger partial charge < -0.3 is 14.8 Å². The fraction of sp³-hybridized carbons (Fsp3) is 0.480. The quantitative estimate of drug-likeness (QED) is 0.567. The van der Waals surface area contributed by atoms with Crippen LogP contribution in [0.2, 0.25) is 0 Å². The lowest BCUT2D eigenvalue weighted by atomic mass is 10.1. The number of likely N-dealkylation sites (N-methyl/N-ethyl adjacent to an activating group) is 1. The van der Waals surface area contributed by atoms with Gasteiger partial charge in [-0.05, 0) is 50.1 Å². The van der Waals surface area contributed by atoms with Crippen LogP contribution >= 0.6 is 11.8 Å². The first-order chi connectivity index (χ1) is 15.1. The first-order valence-corrected chi connectivity index (χ1v) is 12.1. The summed E-state index contributed by atoms with van der Waals surface area (Å²) in [4.78, 5) is 14.8. The van der Waals surface area contributed by atoms with E-state index in [0.717, 1.165) is 49.7 Å². The summed E-state index contributed by atoms with van der Waals surface area (Å²) in [6.45, 7) is 5.71. The average molecular weight is 443 g/mol. The molecule has 168 valence electrons. The highest BCUT2D eigenvalue weighted by Gasteiger charge is 2.18. The summed E-state index contributed by atoms with van der Waals surface area (Å²) in [6, 6.07) is 18.8. The van der Waals surface area contributed by atoms with E-state index in [1.165, 1.54) is 5.56 Å². The predicted molar refractivity (Wildman–Crippen MR) is 127 cm³/mol. The van der Waals surface area contributed by atoms with Crippen molar-refractivity contribution in [1.82, 2.24) is 10.2 Å². The number of nitrogens with zero attached hydrogens (tertiary/aromatic N) is 1. The van der Waals surface area contributed by atoms with Crippen molar-refractivity contribution in [2.75, 3.05) is 33.4 Å². The number of ether oxygens (including phenoxy) is 2. The lowest BCUT2D eigenvalue weighted by Gasteiger charge is -2.31. The van der Waals surface area contributed by atoms with Crippen LogP contribution in [-0.2, 0) is 21.8 Å². The van der Waals surface area contributed by atoms with Gasteiger partial charge in [-0.2, -0.15) is 0 Å². The summed E-state index contributed by atoms with van der Waals surface area (Å²) in [6.07, 6.45) is 2.18. The number of hydrogen-bond donors (Lipinski definition) is 1. The van der Waals surface area contributed by atoms with Crippen molar-refractivity contribution >= 4 is 17.7 Å². The minimum absolute atomic E-state index is 0.0605. The predicted octanol–water partition coefficient (Wildman–Crippen LogP) is 4.11. The molecule has 5 nitrogen and oxygen atoms in total. The van der Waals surface area contributed by atoms with Crippen molar-refractivity contribution < 1.29 is 14.3 Å². The monoisotopic (exact) mass is 442 g/mol. The summed E-state index contributed by atoms with van der Waals surface area (Å²) in [7, 11) is 2.16. The molecule has 2 aromatic carbocycles. The van der Waals surface area contributed by atoms with Crippen molar-refractivity contribution in [3.8, 4) is 5.75 Å². The first kappa shape index (κ1) is 23.6. The Kier molecular flexibility index (Phi) is 9.72. The lowest BCUT2D eigenvalue weighted by Crippen LogP contribution is -2.38. The van der Waals surface area contributed by atoms with E-state index >= 15 is 0 Å². The Morgan fingerprint density at radius 3 is 2.68 bits per heavy atom. The maximum absolute atomic E-state index is 12.4. The Balaban J connectivity index is 1.37. The fourth-order valence-corrected chi connectivity index (χ4v) is 4.43. The first-order valence-electron chi connectivity index (χ1n) is 11.0. The van der Waals surface area contributed by atoms with Crippen LogP contribution in [0, 0.1) is 0 Å². The highest BCUT2D eigenvalue weighted by Crippen LogP contribution is 2.18. The number of nitrogens with one attached hydrogen (secondary N) is 1. The molecule has 0 bridgehead atoms. The molecule has 0 saturated carbocycles. The molecule has 1 N–H and O–H groups in total. The Morgan fingerprint density at radius 2 is 1.90 bits per heavy atom.